The average molecular weight is 366 g/mol. The predicted octanol–water partition coefficient (Wildman–Crippen LogP) is 3.11. The average Bonchev–Trinajstić information content (AvgIpc) is 2.99. The van der Waals surface area contributed by atoms with Crippen molar-refractivity contribution >= 4 is 17.9 Å². The van der Waals surface area contributed by atoms with Gasteiger partial charge in [0.1, 0.15) is 6.61 Å². The molecule has 6 heteroatoms. The summed E-state index contributed by atoms with van der Waals surface area (Å²) < 4.78 is 5.30. The highest BCUT2D eigenvalue weighted by atomic mass is 16.5. The summed E-state index contributed by atoms with van der Waals surface area (Å²) in [5, 5.41) is 2.81. The van der Waals surface area contributed by atoms with Crippen LogP contribution in [0.5, 0.6) is 0 Å². The van der Waals surface area contributed by atoms with Crippen molar-refractivity contribution in [1.82, 2.24) is 10.2 Å². The number of aryl methyl sites for hydroxylation is 1. The fraction of sp³-hybridized carbons (Fsp3) is 0.286. The maximum atomic E-state index is 12.3. The SMILES string of the molecule is Cc1ccccc1C(CN1C(=O)CCC1=O)NC(=O)OCc1ccccc1. The molecule has 0 aromatic heterocycles. The Balaban J connectivity index is 1.71. The van der Waals surface area contributed by atoms with E-state index in [1.807, 2.05) is 61.5 Å². The zero-order valence-electron chi connectivity index (χ0n) is 15.2. The molecule has 1 fully saturated rings. The van der Waals surface area contributed by atoms with Crippen molar-refractivity contribution in [3.8, 4) is 0 Å². The Morgan fingerprint density at radius 2 is 1.67 bits per heavy atom. The Bertz CT molecular complexity index is 819. The largest absolute Gasteiger partial charge is 0.445 e. The third-order valence-corrected chi connectivity index (χ3v) is 4.59. The highest BCUT2D eigenvalue weighted by molar-refractivity contribution is 6.02. The summed E-state index contributed by atoms with van der Waals surface area (Å²) in [6.07, 6.45) is -0.151. The van der Waals surface area contributed by atoms with E-state index < -0.39 is 12.1 Å². The molecule has 2 aromatic carbocycles. The van der Waals surface area contributed by atoms with Gasteiger partial charge in [0.25, 0.3) is 0 Å². The van der Waals surface area contributed by atoms with Crippen LogP contribution in [0.1, 0.15) is 35.6 Å². The van der Waals surface area contributed by atoms with E-state index in [2.05, 4.69) is 5.32 Å². The van der Waals surface area contributed by atoms with Crippen molar-refractivity contribution < 1.29 is 19.1 Å². The molecule has 1 saturated heterocycles. The van der Waals surface area contributed by atoms with Crippen molar-refractivity contribution in [3.05, 3.63) is 71.3 Å². The summed E-state index contributed by atoms with van der Waals surface area (Å²) >= 11 is 0. The minimum Gasteiger partial charge on any atom is -0.445 e. The van der Waals surface area contributed by atoms with E-state index in [9.17, 15) is 14.4 Å². The molecule has 0 aliphatic carbocycles. The maximum Gasteiger partial charge on any atom is 0.408 e. The van der Waals surface area contributed by atoms with Gasteiger partial charge in [0.2, 0.25) is 11.8 Å². The van der Waals surface area contributed by atoms with Gasteiger partial charge in [-0.3, -0.25) is 14.5 Å². The summed E-state index contributed by atoms with van der Waals surface area (Å²) in [6.45, 7) is 2.17. The standard InChI is InChI=1S/C21H22N2O4/c1-15-7-5-6-10-17(15)18(13-23-19(24)11-12-20(23)25)22-21(26)27-14-16-8-3-2-4-9-16/h2-10,18H,11-14H2,1H3,(H,22,26). The molecule has 140 valence electrons. The van der Waals surface area contributed by atoms with Gasteiger partial charge < -0.3 is 10.1 Å². The first-order valence-electron chi connectivity index (χ1n) is 8.90. The third kappa shape index (κ3) is 4.73. The van der Waals surface area contributed by atoms with Gasteiger partial charge >= 0.3 is 6.09 Å². The number of rotatable bonds is 6. The predicted molar refractivity (Wildman–Crippen MR) is 99.6 cm³/mol. The van der Waals surface area contributed by atoms with Crippen LogP contribution in [0, 0.1) is 6.92 Å². The summed E-state index contributed by atoms with van der Waals surface area (Å²) in [4.78, 5) is 37.5. The van der Waals surface area contributed by atoms with Crippen LogP contribution in [0.2, 0.25) is 0 Å². The molecule has 0 saturated carbocycles. The molecule has 1 aliphatic heterocycles. The zero-order chi connectivity index (χ0) is 19.2. The van der Waals surface area contributed by atoms with Gasteiger partial charge in [-0.1, -0.05) is 54.6 Å². The topological polar surface area (TPSA) is 75.7 Å². The number of hydrogen-bond acceptors (Lipinski definition) is 4. The van der Waals surface area contributed by atoms with E-state index in [1.54, 1.807) is 0 Å². The molecule has 6 nitrogen and oxygen atoms in total. The van der Waals surface area contributed by atoms with Crippen molar-refractivity contribution in [2.24, 2.45) is 0 Å². The minimum atomic E-state index is -0.591. The van der Waals surface area contributed by atoms with Crippen molar-refractivity contribution in [2.75, 3.05) is 6.54 Å². The zero-order valence-corrected chi connectivity index (χ0v) is 15.2. The Hall–Kier alpha value is -3.15. The minimum absolute atomic E-state index is 0.100. The molecule has 0 spiro atoms. The van der Waals surface area contributed by atoms with Crippen LogP contribution in [-0.2, 0) is 20.9 Å². The summed E-state index contributed by atoms with van der Waals surface area (Å²) in [5.41, 5.74) is 2.69. The maximum absolute atomic E-state index is 12.3. The number of nitrogens with one attached hydrogen (secondary N) is 1. The van der Waals surface area contributed by atoms with E-state index in [0.717, 1.165) is 16.7 Å². The number of imide groups is 1. The fourth-order valence-electron chi connectivity index (χ4n) is 3.12. The third-order valence-electron chi connectivity index (χ3n) is 4.59. The van der Waals surface area contributed by atoms with Crippen LogP contribution >= 0.6 is 0 Å². The first kappa shape index (κ1) is 18.6. The van der Waals surface area contributed by atoms with Gasteiger partial charge in [0.15, 0.2) is 0 Å². The van der Waals surface area contributed by atoms with Crippen LogP contribution in [0.4, 0.5) is 4.79 Å². The van der Waals surface area contributed by atoms with Crippen LogP contribution in [0.25, 0.3) is 0 Å². The highest BCUT2D eigenvalue weighted by Crippen LogP contribution is 2.22. The normalized spacial score (nSPS) is 14.9. The number of carbonyl (C=O) groups excluding carboxylic acids is 3. The molecular weight excluding hydrogens is 344 g/mol. The van der Waals surface area contributed by atoms with Gasteiger partial charge in [-0.05, 0) is 23.6 Å². The molecule has 1 heterocycles. The Morgan fingerprint density at radius 3 is 2.33 bits per heavy atom. The monoisotopic (exact) mass is 366 g/mol. The molecule has 27 heavy (non-hydrogen) atoms. The van der Waals surface area contributed by atoms with Crippen LogP contribution < -0.4 is 5.32 Å². The molecule has 3 rings (SSSR count). The first-order chi connectivity index (χ1) is 13.0. The number of nitrogens with zero attached hydrogens (tertiary/aromatic N) is 1. The van der Waals surface area contributed by atoms with E-state index in [0.29, 0.717) is 0 Å². The molecular formula is C21H22N2O4. The second-order valence-electron chi connectivity index (χ2n) is 6.51. The Morgan fingerprint density at radius 1 is 1.04 bits per heavy atom. The molecule has 0 bridgehead atoms. The lowest BCUT2D eigenvalue weighted by molar-refractivity contribution is -0.138. The van der Waals surface area contributed by atoms with Crippen molar-refractivity contribution in [1.29, 1.82) is 0 Å². The molecule has 1 aliphatic rings. The van der Waals surface area contributed by atoms with Crippen LogP contribution in [-0.4, -0.2) is 29.4 Å². The Labute approximate surface area is 158 Å². The molecule has 2 aromatic rings. The van der Waals surface area contributed by atoms with Gasteiger partial charge in [-0.25, -0.2) is 4.79 Å². The van der Waals surface area contributed by atoms with Gasteiger partial charge in [-0.2, -0.15) is 0 Å². The number of carbonyl (C=O) groups is 3. The molecule has 0 radical (unpaired) electrons. The lowest BCUT2D eigenvalue weighted by Crippen LogP contribution is -2.40. The number of likely N-dealkylation sites (tertiary alicyclic amines) is 1. The van der Waals surface area contributed by atoms with E-state index in [4.69, 9.17) is 4.74 Å². The van der Waals surface area contributed by atoms with Crippen LogP contribution in [0.15, 0.2) is 54.6 Å². The van der Waals surface area contributed by atoms with Gasteiger partial charge in [-0.15, -0.1) is 0 Å². The number of benzene rings is 2. The summed E-state index contributed by atoms with van der Waals surface area (Å²) in [7, 11) is 0. The lowest BCUT2D eigenvalue weighted by Gasteiger charge is -2.25. The number of ether oxygens (including phenoxy) is 1. The molecule has 1 atom stereocenters. The number of amides is 3. The first-order valence-corrected chi connectivity index (χ1v) is 8.90. The second-order valence-corrected chi connectivity index (χ2v) is 6.51. The van der Waals surface area contributed by atoms with Crippen LogP contribution in [0.3, 0.4) is 0 Å². The molecule has 1 unspecified atom stereocenters. The quantitative estimate of drug-likeness (QED) is 0.797. The van der Waals surface area contributed by atoms with Crippen molar-refractivity contribution in [2.45, 2.75) is 32.4 Å². The smallest absolute Gasteiger partial charge is 0.408 e. The Kier molecular flexibility index (Phi) is 5.86. The van der Waals surface area contributed by atoms with Crippen molar-refractivity contribution in [3.63, 3.8) is 0 Å². The number of hydrogen-bond donors (Lipinski definition) is 1. The van der Waals surface area contributed by atoms with Gasteiger partial charge in [0.05, 0.1) is 12.6 Å². The fourth-order valence-corrected chi connectivity index (χ4v) is 3.12. The highest BCUT2D eigenvalue weighted by Gasteiger charge is 2.32. The second kappa shape index (κ2) is 8.49. The van der Waals surface area contributed by atoms with Gasteiger partial charge in [0, 0.05) is 12.8 Å². The number of alkyl carbamates (subject to hydrolysis) is 1. The van der Waals surface area contributed by atoms with E-state index in [1.165, 1.54) is 4.90 Å². The molecule has 3 amide bonds. The summed E-state index contributed by atoms with van der Waals surface area (Å²) in [6, 6.07) is 16.4. The molecule has 1 N–H and O–H groups in total. The van der Waals surface area contributed by atoms with E-state index >= 15 is 0 Å². The summed E-state index contributed by atoms with van der Waals surface area (Å²) in [5.74, 6) is -0.420. The lowest BCUT2D eigenvalue weighted by atomic mass is 10.0. The van der Waals surface area contributed by atoms with E-state index in [-0.39, 0.29) is 37.8 Å².